The van der Waals surface area contributed by atoms with E-state index < -0.39 is 0 Å². The van der Waals surface area contributed by atoms with Gasteiger partial charge in [-0.25, -0.2) is 0 Å². The van der Waals surface area contributed by atoms with E-state index in [4.69, 9.17) is 0 Å². The van der Waals surface area contributed by atoms with E-state index in [0.29, 0.717) is 5.54 Å². The minimum absolute atomic E-state index is 0.639. The quantitative estimate of drug-likeness (QED) is 0.558. The molecule has 2 aliphatic rings. The molecule has 1 saturated heterocycles. The fraction of sp³-hybridized carbons (Fsp3) is 1.00. The second-order valence-electron chi connectivity index (χ2n) is 4.67. The molecule has 0 N–H and O–H groups in total. The van der Waals surface area contributed by atoms with Crippen LogP contribution in [0.25, 0.3) is 0 Å². The Morgan fingerprint density at radius 3 is 2.18 bits per heavy atom. The van der Waals surface area contributed by atoms with Crippen LogP contribution < -0.4 is 0 Å². The molecule has 2 fully saturated rings. The molecular formula is C10H19N. The van der Waals surface area contributed by atoms with Gasteiger partial charge in [-0.3, -0.25) is 4.90 Å². The highest BCUT2D eigenvalue weighted by molar-refractivity contribution is 5.00. The molecule has 1 saturated carbocycles. The normalized spacial score (nSPS) is 32.2. The van der Waals surface area contributed by atoms with Crippen molar-refractivity contribution < 1.29 is 0 Å². The first-order valence-corrected chi connectivity index (χ1v) is 4.96. The summed E-state index contributed by atoms with van der Waals surface area (Å²) in [6.45, 7) is 7.52. The molecule has 0 unspecified atom stereocenters. The van der Waals surface area contributed by atoms with Crippen LogP contribution in [-0.2, 0) is 0 Å². The van der Waals surface area contributed by atoms with E-state index in [-0.39, 0.29) is 0 Å². The third-order valence-corrected chi connectivity index (χ3v) is 3.52. The van der Waals surface area contributed by atoms with Gasteiger partial charge >= 0.3 is 0 Å². The van der Waals surface area contributed by atoms with Crippen molar-refractivity contribution >= 4 is 0 Å². The van der Waals surface area contributed by atoms with E-state index >= 15 is 0 Å². The topological polar surface area (TPSA) is 3.24 Å². The molecule has 0 aromatic rings. The fourth-order valence-electron chi connectivity index (χ4n) is 2.05. The average Bonchev–Trinajstić information content (AvgIpc) is 2.70. The van der Waals surface area contributed by atoms with Gasteiger partial charge in [0.1, 0.15) is 0 Å². The van der Waals surface area contributed by atoms with Gasteiger partial charge in [-0.15, -0.1) is 0 Å². The largest absolute Gasteiger partial charge is 0.298 e. The van der Waals surface area contributed by atoms with Crippen molar-refractivity contribution in [1.29, 1.82) is 0 Å². The van der Waals surface area contributed by atoms with E-state index in [0.717, 1.165) is 5.92 Å². The Morgan fingerprint density at radius 2 is 1.73 bits per heavy atom. The number of piperidine rings is 1. The van der Waals surface area contributed by atoms with Crippen molar-refractivity contribution in [1.82, 2.24) is 4.90 Å². The second kappa shape index (κ2) is 2.48. The molecule has 64 valence electrons. The Balaban J connectivity index is 1.87. The summed E-state index contributed by atoms with van der Waals surface area (Å²) in [5.74, 6) is 0.980. The van der Waals surface area contributed by atoms with Crippen molar-refractivity contribution in [3.05, 3.63) is 0 Å². The Labute approximate surface area is 69.8 Å². The highest BCUT2D eigenvalue weighted by atomic mass is 15.2. The van der Waals surface area contributed by atoms with Gasteiger partial charge in [0.25, 0.3) is 0 Å². The molecule has 1 nitrogen and oxygen atoms in total. The Hall–Kier alpha value is -0.0400. The monoisotopic (exact) mass is 153 g/mol. The Bertz CT molecular complexity index is 141. The highest BCUT2D eigenvalue weighted by Crippen LogP contribution is 2.42. The highest BCUT2D eigenvalue weighted by Gasteiger charge is 2.43. The lowest BCUT2D eigenvalue weighted by molar-refractivity contribution is 0.133. The summed E-state index contributed by atoms with van der Waals surface area (Å²) in [6.07, 6.45) is 5.74. The molecule has 11 heavy (non-hydrogen) atoms. The number of nitrogens with zero attached hydrogens (tertiary/aromatic N) is 1. The summed E-state index contributed by atoms with van der Waals surface area (Å²) < 4.78 is 0. The predicted molar refractivity (Wildman–Crippen MR) is 47.6 cm³/mol. The number of likely N-dealkylation sites (tertiary alicyclic amines) is 1. The summed E-state index contributed by atoms with van der Waals surface area (Å²) in [4.78, 5) is 2.70. The first kappa shape index (κ1) is 7.60. The van der Waals surface area contributed by atoms with Gasteiger partial charge in [-0.2, -0.15) is 0 Å². The SMILES string of the molecule is CC1CCN(C2(C)CC2)CC1. The van der Waals surface area contributed by atoms with Gasteiger partial charge in [0, 0.05) is 5.54 Å². The molecular weight excluding hydrogens is 134 g/mol. The van der Waals surface area contributed by atoms with Crippen LogP contribution in [0.4, 0.5) is 0 Å². The number of rotatable bonds is 1. The average molecular weight is 153 g/mol. The zero-order chi connectivity index (χ0) is 7.90. The smallest absolute Gasteiger partial charge is 0.0182 e. The molecule has 1 aliphatic carbocycles. The van der Waals surface area contributed by atoms with E-state index in [9.17, 15) is 0 Å². The molecule has 0 radical (unpaired) electrons. The van der Waals surface area contributed by atoms with Gasteiger partial charge in [-0.05, 0) is 51.6 Å². The third-order valence-electron chi connectivity index (χ3n) is 3.52. The molecule has 1 heteroatoms. The Morgan fingerprint density at radius 1 is 1.18 bits per heavy atom. The molecule has 0 bridgehead atoms. The van der Waals surface area contributed by atoms with Crippen LogP contribution in [0.2, 0.25) is 0 Å². The van der Waals surface area contributed by atoms with Crippen LogP contribution >= 0.6 is 0 Å². The van der Waals surface area contributed by atoms with Crippen LogP contribution in [0.15, 0.2) is 0 Å². The van der Waals surface area contributed by atoms with Gasteiger partial charge in [0.15, 0.2) is 0 Å². The lowest BCUT2D eigenvalue weighted by Gasteiger charge is -2.35. The van der Waals surface area contributed by atoms with Gasteiger partial charge < -0.3 is 0 Å². The maximum Gasteiger partial charge on any atom is 0.0182 e. The van der Waals surface area contributed by atoms with Crippen LogP contribution in [0.3, 0.4) is 0 Å². The lowest BCUT2D eigenvalue weighted by Crippen LogP contribution is -2.40. The molecule has 1 heterocycles. The van der Waals surface area contributed by atoms with Crippen LogP contribution in [0.5, 0.6) is 0 Å². The van der Waals surface area contributed by atoms with E-state index in [1.165, 1.54) is 38.8 Å². The zero-order valence-corrected chi connectivity index (χ0v) is 7.77. The maximum atomic E-state index is 2.70. The van der Waals surface area contributed by atoms with Crippen LogP contribution in [0.1, 0.15) is 39.5 Å². The molecule has 2 rings (SSSR count). The summed E-state index contributed by atoms with van der Waals surface area (Å²) in [7, 11) is 0. The lowest BCUT2D eigenvalue weighted by atomic mass is 9.98. The number of hydrogen-bond donors (Lipinski definition) is 0. The van der Waals surface area contributed by atoms with Crippen LogP contribution in [-0.4, -0.2) is 23.5 Å². The molecule has 0 amide bonds. The molecule has 0 spiro atoms. The van der Waals surface area contributed by atoms with Crippen molar-refractivity contribution in [2.75, 3.05) is 13.1 Å². The van der Waals surface area contributed by atoms with Crippen molar-refractivity contribution in [2.45, 2.75) is 45.1 Å². The first-order chi connectivity index (χ1) is 5.21. The van der Waals surface area contributed by atoms with Crippen molar-refractivity contribution in [2.24, 2.45) is 5.92 Å². The minimum Gasteiger partial charge on any atom is -0.298 e. The fourth-order valence-corrected chi connectivity index (χ4v) is 2.05. The van der Waals surface area contributed by atoms with Gasteiger partial charge in [-0.1, -0.05) is 6.92 Å². The Kier molecular flexibility index (Phi) is 1.71. The molecule has 0 aromatic carbocycles. The molecule has 0 aromatic heterocycles. The summed E-state index contributed by atoms with van der Waals surface area (Å²) in [5.41, 5.74) is 0.639. The zero-order valence-electron chi connectivity index (χ0n) is 7.77. The summed E-state index contributed by atoms with van der Waals surface area (Å²) >= 11 is 0. The van der Waals surface area contributed by atoms with Crippen molar-refractivity contribution in [3.8, 4) is 0 Å². The van der Waals surface area contributed by atoms with E-state index in [1.54, 1.807) is 0 Å². The minimum atomic E-state index is 0.639. The van der Waals surface area contributed by atoms with E-state index in [1.807, 2.05) is 0 Å². The summed E-state index contributed by atoms with van der Waals surface area (Å²) in [5, 5.41) is 0. The third kappa shape index (κ3) is 1.44. The summed E-state index contributed by atoms with van der Waals surface area (Å²) in [6, 6.07) is 0. The molecule has 0 atom stereocenters. The van der Waals surface area contributed by atoms with Crippen molar-refractivity contribution in [3.63, 3.8) is 0 Å². The first-order valence-electron chi connectivity index (χ1n) is 4.96. The standard InChI is InChI=1S/C10H19N/c1-9-3-7-11(8-4-9)10(2)5-6-10/h9H,3-8H2,1-2H3. The van der Waals surface area contributed by atoms with E-state index in [2.05, 4.69) is 18.7 Å². The molecule has 1 aliphatic heterocycles. The van der Waals surface area contributed by atoms with Gasteiger partial charge in [0.2, 0.25) is 0 Å². The maximum absolute atomic E-state index is 2.70. The predicted octanol–water partition coefficient (Wildman–Crippen LogP) is 2.27. The number of hydrogen-bond acceptors (Lipinski definition) is 1. The van der Waals surface area contributed by atoms with Gasteiger partial charge in [0.05, 0.1) is 0 Å². The second-order valence-corrected chi connectivity index (χ2v) is 4.67. The van der Waals surface area contributed by atoms with Crippen LogP contribution in [0, 0.1) is 5.92 Å².